The Hall–Kier alpha value is -2.50. The maximum Gasteiger partial charge on any atom is 0.140 e. The Kier molecular flexibility index (Phi) is 5.32. The Balaban J connectivity index is 1.79. The summed E-state index contributed by atoms with van der Waals surface area (Å²) in [6.07, 6.45) is 0. The van der Waals surface area contributed by atoms with Gasteiger partial charge in [0.2, 0.25) is 0 Å². The van der Waals surface area contributed by atoms with Gasteiger partial charge in [-0.2, -0.15) is 0 Å². The van der Waals surface area contributed by atoms with Crippen molar-refractivity contribution in [1.82, 2.24) is 9.97 Å². The van der Waals surface area contributed by atoms with Gasteiger partial charge in [-0.15, -0.1) is 0 Å². The Morgan fingerprint density at radius 2 is 1.04 bits per heavy atom. The molecule has 0 saturated heterocycles. The van der Waals surface area contributed by atoms with E-state index in [1.54, 1.807) is 0 Å². The maximum atomic E-state index is 4.62. The Morgan fingerprint density at radius 3 is 1.56 bits per heavy atom. The lowest BCUT2D eigenvalue weighted by Crippen LogP contribution is -2.13. The minimum Gasteiger partial charge on any atom is -0.279 e. The summed E-state index contributed by atoms with van der Waals surface area (Å²) in [6.45, 7) is 0. The maximum absolute atomic E-state index is 4.62. The molecule has 0 aliphatic carbocycles. The first-order valence-corrected chi connectivity index (χ1v) is 10.00. The summed E-state index contributed by atoms with van der Waals surface area (Å²) in [5.74, 6) is 1.59. The zero-order valence-corrected chi connectivity index (χ0v) is 17.4. The second-order valence-electron chi connectivity index (χ2n) is 5.89. The largest absolute Gasteiger partial charge is 0.279 e. The van der Waals surface area contributed by atoms with E-state index < -0.39 is 0 Å². The molecule has 0 saturated carbocycles. The smallest absolute Gasteiger partial charge is 0.140 e. The quantitative estimate of drug-likeness (QED) is 0.290. The van der Waals surface area contributed by atoms with Crippen molar-refractivity contribution in [2.24, 2.45) is 0 Å². The number of halogens is 2. The monoisotopic (exact) mass is 479 g/mol. The SMILES string of the molecule is Brc1cccc(N(c2ccc(-c3ccccc3)cc2)c2cccc(Br)n2)n1. The molecule has 5 heteroatoms. The second kappa shape index (κ2) is 8.03. The van der Waals surface area contributed by atoms with E-state index in [0.29, 0.717) is 0 Å². The van der Waals surface area contributed by atoms with E-state index in [4.69, 9.17) is 0 Å². The highest BCUT2D eigenvalue weighted by molar-refractivity contribution is 9.10. The van der Waals surface area contributed by atoms with Gasteiger partial charge in [-0.05, 0) is 79.4 Å². The number of rotatable bonds is 4. The van der Waals surface area contributed by atoms with Gasteiger partial charge in [0.15, 0.2) is 0 Å². The first-order valence-electron chi connectivity index (χ1n) is 8.41. The predicted molar refractivity (Wildman–Crippen MR) is 118 cm³/mol. The molecule has 0 bridgehead atoms. The number of nitrogens with zero attached hydrogens (tertiary/aromatic N) is 3. The van der Waals surface area contributed by atoms with Gasteiger partial charge in [-0.3, -0.25) is 4.90 Å². The van der Waals surface area contributed by atoms with Gasteiger partial charge in [0.25, 0.3) is 0 Å². The summed E-state index contributed by atoms with van der Waals surface area (Å²) in [7, 11) is 0. The van der Waals surface area contributed by atoms with Crippen molar-refractivity contribution in [2.45, 2.75) is 0 Å². The summed E-state index contributed by atoms with van der Waals surface area (Å²) in [5.41, 5.74) is 3.35. The van der Waals surface area contributed by atoms with E-state index in [0.717, 1.165) is 26.5 Å². The summed E-state index contributed by atoms with van der Waals surface area (Å²) in [6, 6.07) is 30.5. The minimum absolute atomic E-state index is 0.779. The van der Waals surface area contributed by atoms with Gasteiger partial charge < -0.3 is 0 Å². The summed E-state index contributed by atoms with van der Waals surface area (Å²) in [4.78, 5) is 11.3. The van der Waals surface area contributed by atoms with E-state index in [2.05, 4.69) is 78.2 Å². The molecule has 0 fully saturated rings. The van der Waals surface area contributed by atoms with Crippen LogP contribution in [0, 0.1) is 0 Å². The lowest BCUT2D eigenvalue weighted by molar-refractivity contribution is 1.10. The van der Waals surface area contributed by atoms with Gasteiger partial charge in [-0.25, -0.2) is 9.97 Å². The van der Waals surface area contributed by atoms with E-state index in [9.17, 15) is 0 Å². The van der Waals surface area contributed by atoms with E-state index in [1.165, 1.54) is 11.1 Å². The van der Waals surface area contributed by atoms with E-state index in [1.807, 2.05) is 59.5 Å². The van der Waals surface area contributed by atoms with Gasteiger partial charge in [0, 0.05) is 5.69 Å². The van der Waals surface area contributed by atoms with Crippen LogP contribution in [0.2, 0.25) is 0 Å². The highest BCUT2D eigenvalue weighted by Crippen LogP contribution is 2.34. The topological polar surface area (TPSA) is 29.0 Å². The molecule has 2 aromatic heterocycles. The summed E-state index contributed by atoms with van der Waals surface area (Å²) >= 11 is 6.93. The number of pyridine rings is 2. The van der Waals surface area contributed by atoms with Crippen LogP contribution in [0.25, 0.3) is 11.1 Å². The van der Waals surface area contributed by atoms with Crippen LogP contribution >= 0.6 is 31.9 Å². The highest BCUT2D eigenvalue weighted by atomic mass is 79.9. The van der Waals surface area contributed by atoms with Crippen LogP contribution < -0.4 is 4.90 Å². The molecule has 0 N–H and O–H groups in total. The Labute approximate surface area is 175 Å². The molecule has 0 spiro atoms. The first kappa shape index (κ1) is 17.9. The van der Waals surface area contributed by atoms with Crippen molar-refractivity contribution in [3.05, 3.63) is 100 Å². The predicted octanol–water partition coefficient (Wildman–Crippen LogP) is 7.14. The molecule has 0 amide bonds. The minimum atomic E-state index is 0.779. The lowest BCUT2D eigenvalue weighted by atomic mass is 10.1. The van der Waals surface area contributed by atoms with Crippen molar-refractivity contribution < 1.29 is 0 Å². The van der Waals surface area contributed by atoms with Gasteiger partial charge in [0.1, 0.15) is 20.8 Å². The van der Waals surface area contributed by atoms with Crippen LogP contribution in [0.5, 0.6) is 0 Å². The molecule has 4 aromatic rings. The first-order chi connectivity index (χ1) is 13.2. The van der Waals surface area contributed by atoms with Crippen molar-refractivity contribution in [2.75, 3.05) is 4.90 Å². The van der Waals surface area contributed by atoms with Crippen LogP contribution in [0.1, 0.15) is 0 Å². The summed E-state index contributed by atoms with van der Waals surface area (Å²) < 4.78 is 1.56. The fourth-order valence-electron chi connectivity index (χ4n) is 2.86. The second-order valence-corrected chi connectivity index (χ2v) is 7.51. The molecule has 0 aliphatic heterocycles. The number of hydrogen-bond acceptors (Lipinski definition) is 3. The van der Waals surface area contributed by atoms with Gasteiger partial charge in [-0.1, -0.05) is 54.6 Å². The molecule has 0 unspecified atom stereocenters. The number of benzene rings is 2. The molecule has 27 heavy (non-hydrogen) atoms. The third-order valence-electron chi connectivity index (χ3n) is 4.09. The number of aromatic nitrogens is 2. The van der Waals surface area contributed by atoms with Crippen molar-refractivity contribution in [1.29, 1.82) is 0 Å². The fourth-order valence-corrected chi connectivity index (χ4v) is 3.53. The molecule has 4 rings (SSSR count). The van der Waals surface area contributed by atoms with Gasteiger partial charge >= 0.3 is 0 Å². The van der Waals surface area contributed by atoms with E-state index in [-0.39, 0.29) is 0 Å². The Bertz CT molecular complexity index is 1000. The average molecular weight is 481 g/mol. The molecule has 0 radical (unpaired) electrons. The third-order valence-corrected chi connectivity index (χ3v) is 4.97. The number of anilines is 3. The number of hydrogen-bond donors (Lipinski definition) is 0. The van der Waals surface area contributed by atoms with Crippen LogP contribution in [-0.2, 0) is 0 Å². The molecule has 0 atom stereocenters. The fraction of sp³-hybridized carbons (Fsp3) is 0. The van der Waals surface area contributed by atoms with E-state index >= 15 is 0 Å². The normalized spacial score (nSPS) is 10.6. The Morgan fingerprint density at radius 1 is 0.519 bits per heavy atom. The molecular formula is C22H15Br2N3. The summed E-state index contributed by atoms with van der Waals surface area (Å²) in [5, 5.41) is 0. The van der Waals surface area contributed by atoms with Crippen LogP contribution in [0.3, 0.4) is 0 Å². The standard InChI is InChI=1S/C22H15Br2N3/c23-19-8-4-10-21(25-19)27(22-11-5-9-20(24)26-22)18-14-12-17(13-15-18)16-6-2-1-3-7-16/h1-15H. The third kappa shape index (κ3) is 4.10. The van der Waals surface area contributed by atoms with Crippen LogP contribution in [0.4, 0.5) is 17.3 Å². The van der Waals surface area contributed by atoms with Crippen molar-refractivity contribution in [3.8, 4) is 11.1 Å². The zero-order chi connectivity index (χ0) is 18.6. The molecule has 2 aromatic carbocycles. The zero-order valence-electron chi connectivity index (χ0n) is 14.3. The van der Waals surface area contributed by atoms with Crippen LogP contribution in [-0.4, -0.2) is 9.97 Å². The highest BCUT2D eigenvalue weighted by Gasteiger charge is 2.15. The average Bonchev–Trinajstić information content (AvgIpc) is 2.70. The molecule has 132 valence electrons. The van der Waals surface area contributed by atoms with Crippen molar-refractivity contribution in [3.63, 3.8) is 0 Å². The molecule has 0 aliphatic rings. The van der Waals surface area contributed by atoms with Gasteiger partial charge in [0.05, 0.1) is 0 Å². The molecule has 2 heterocycles. The van der Waals surface area contributed by atoms with Crippen molar-refractivity contribution >= 4 is 49.2 Å². The lowest BCUT2D eigenvalue weighted by Gasteiger charge is -2.23. The van der Waals surface area contributed by atoms with Crippen LogP contribution in [0.15, 0.2) is 100 Å². The molecule has 3 nitrogen and oxygen atoms in total. The molecular weight excluding hydrogens is 466 g/mol.